The summed E-state index contributed by atoms with van der Waals surface area (Å²) >= 11 is 1.29. The second-order valence-corrected chi connectivity index (χ2v) is 8.75. The lowest BCUT2D eigenvalue weighted by Gasteiger charge is -2.17. The van der Waals surface area contributed by atoms with E-state index in [-0.39, 0.29) is 17.7 Å². The summed E-state index contributed by atoms with van der Waals surface area (Å²) in [4.78, 5) is 40.9. The number of imide groups is 1. The van der Waals surface area contributed by atoms with E-state index in [9.17, 15) is 14.4 Å². The normalized spacial score (nSPS) is 13.7. The van der Waals surface area contributed by atoms with Crippen LogP contribution in [0, 0.1) is 13.8 Å². The molecule has 0 fully saturated rings. The molecule has 0 bridgehead atoms. The Balaban J connectivity index is 1.80. The van der Waals surface area contributed by atoms with Crippen molar-refractivity contribution < 1.29 is 14.4 Å². The lowest BCUT2D eigenvalue weighted by Crippen LogP contribution is -2.31. The van der Waals surface area contributed by atoms with E-state index < -0.39 is 0 Å². The summed E-state index contributed by atoms with van der Waals surface area (Å²) in [7, 11) is 0. The first kappa shape index (κ1) is 21.6. The van der Waals surface area contributed by atoms with Gasteiger partial charge in [0.15, 0.2) is 0 Å². The number of hydrogen-bond donors (Lipinski definition) is 1. The molecule has 1 aliphatic rings. The topological polar surface area (TPSA) is 66.5 Å². The van der Waals surface area contributed by atoms with E-state index in [1.807, 2.05) is 62.4 Å². The average Bonchev–Trinajstić information content (AvgIpc) is 2.98. The van der Waals surface area contributed by atoms with Crippen molar-refractivity contribution in [1.82, 2.24) is 0 Å². The molecule has 3 aromatic rings. The highest BCUT2D eigenvalue weighted by molar-refractivity contribution is 8.04. The lowest BCUT2D eigenvalue weighted by molar-refractivity contribution is -0.120. The van der Waals surface area contributed by atoms with E-state index in [0.29, 0.717) is 27.4 Å². The summed E-state index contributed by atoms with van der Waals surface area (Å²) in [6, 6.07) is 22.2. The summed E-state index contributed by atoms with van der Waals surface area (Å²) in [6.45, 7) is 5.32. The van der Waals surface area contributed by atoms with Crippen molar-refractivity contribution in [3.05, 3.63) is 94.4 Å². The van der Waals surface area contributed by atoms with Crippen LogP contribution in [-0.4, -0.2) is 17.7 Å². The Labute approximate surface area is 191 Å². The highest BCUT2D eigenvalue weighted by Gasteiger charge is 2.40. The molecule has 0 spiro atoms. The number of benzene rings is 3. The zero-order chi connectivity index (χ0) is 22.8. The Hall–Kier alpha value is -3.64. The highest BCUT2D eigenvalue weighted by Crippen LogP contribution is 2.41. The van der Waals surface area contributed by atoms with Crippen LogP contribution in [0.15, 0.2) is 82.6 Å². The van der Waals surface area contributed by atoms with Crippen LogP contribution >= 0.6 is 11.8 Å². The van der Waals surface area contributed by atoms with Gasteiger partial charge in [-0.2, -0.15) is 0 Å². The van der Waals surface area contributed by atoms with Crippen LogP contribution in [0.5, 0.6) is 0 Å². The second kappa shape index (κ2) is 8.85. The standard InChI is InChI=1S/C26H22N2O3S/c1-16-13-17(2)15-21(14-16)28-25(30)23(19-9-11-20(12-10-19)27-18(3)29)24(26(28)31)32-22-7-5-4-6-8-22/h4-15H,1-3H3,(H,27,29). The van der Waals surface area contributed by atoms with Gasteiger partial charge in [-0.05, 0) is 66.9 Å². The van der Waals surface area contributed by atoms with E-state index in [0.717, 1.165) is 16.0 Å². The fraction of sp³-hybridized carbons (Fsp3) is 0.115. The highest BCUT2D eigenvalue weighted by atomic mass is 32.2. The number of carbonyl (C=O) groups is 3. The number of hydrogen-bond acceptors (Lipinski definition) is 4. The van der Waals surface area contributed by atoms with Crippen molar-refractivity contribution in [3.63, 3.8) is 0 Å². The minimum absolute atomic E-state index is 0.176. The minimum Gasteiger partial charge on any atom is -0.326 e. The van der Waals surface area contributed by atoms with Crippen molar-refractivity contribution in [2.45, 2.75) is 25.7 Å². The van der Waals surface area contributed by atoms with Gasteiger partial charge in [0.25, 0.3) is 11.8 Å². The summed E-state index contributed by atoms with van der Waals surface area (Å²) in [5.74, 6) is -0.870. The zero-order valence-corrected chi connectivity index (χ0v) is 18.8. The predicted molar refractivity (Wildman–Crippen MR) is 128 cm³/mol. The summed E-state index contributed by atoms with van der Waals surface area (Å²) in [6.07, 6.45) is 0. The van der Waals surface area contributed by atoms with Gasteiger partial charge in [-0.1, -0.05) is 48.2 Å². The third-order valence-electron chi connectivity index (χ3n) is 4.96. The number of nitrogens with one attached hydrogen (secondary N) is 1. The van der Waals surface area contributed by atoms with Crippen LogP contribution < -0.4 is 10.2 Å². The summed E-state index contributed by atoms with van der Waals surface area (Å²) in [5, 5.41) is 2.72. The molecule has 1 aliphatic heterocycles. The molecule has 5 nitrogen and oxygen atoms in total. The number of nitrogens with zero attached hydrogens (tertiary/aromatic N) is 1. The minimum atomic E-state index is -0.356. The van der Waals surface area contributed by atoms with Crippen LogP contribution in [0.2, 0.25) is 0 Å². The third-order valence-corrected chi connectivity index (χ3v) is 6.05. The molecule has 0 radical (unpaired) electrons. The monoisotopic (exact) mass is 442 g/mol. The van der Waals surface area contributed by atoms with Crippen molar-refractivity contribution in [3.8, 4) is 0 Å². The summed E-state index contributed by atoms with van der Waals surface area (Å²) < 4.78 is 0. The maximum atomic E-state index is 13.6. The Morgan fingerprint density at radius 1 is 0.844 bits per heavy atom. The Morgan fingerprint density at radius 3 is 2.06 bits per heavy atom. The van der Waals surface area contributed by atoms with Gasteiger partial charge in [0.2, 0.25) is 5.91 Å². The first-order valence-corrected chi connectivity index (χ1v) is 11.0. The van der Waals surface area contributed by atoms with E-state index in [1.54, 1.807) is 24.3 Å². The molecular formula is C26H22N2O3S. The van der Waals surface area contributed by atoms with E-state index in [1.165, 1.54) is 23.6 Å². The molecule has 32 heavy (non-hydrogen) atoms. The predicted octanol–water partition coefficient (Wildman–Crippen LogP) is 5.34. The quantitative estimate of drug-likeness (QED) is 0.542. The van der Waals surface area contributed by atoms with Gasteiger partial charge in [0.1, 0.15) is 0 Å². The molecule has 160 valence electrons. The maximum Gasteiger partial charge on any atom is 0.272 e. The molecule has 0 unspecified atom stereocenters. The van der Waals surface area contributed by atoms with Gasteiger partial charge in [-0.25, -0.2) is 4.90 Å². The number of rotatable bonds is 5. The smallest absolute Gasteiger partial charge is 0.272 e. The van der Waals surface area contributed by atoms with Crippen molar-refractivity contribution in [1.29, 1.82) is 0 Å². The average molecular weight is 443 g/mol. The lowest BCUT2D eigenvalue weighted by atomic mass is 10.1. The van der Waals surface area contributed by atoms with Gasteiger partial charge >= 0.3 is 0 Å². The molecule has 3 amide bonds. The largest absolute Gasteiger partial charge is 0.326 e. The Morgan fingerprint density at radius 2 is 1.47 bits per heavy atom. The number of anilines is 2. The van der Waals surface area contributed by atoms with Gasteiger partial charge in [0.05, 0.1) is 16.2 Å². The van der Waals surface area contributed by atoms with Gasteiger partial charge in [-0.3, -0.25) is 14.4 Å². The van der Waals surface area contributed by atoms with E-state index in [4.69, 9.17) is 0 Å². The molecule has 6 heteroatoms. The van der Waals surface area contributed by atoms with Gasteiger partial charge < -0.3 is 5.32 Å². The first-order valence-electron chi connectivity index (χ1n) is 10.2. The van der Waals surface area contributed by atoms with Crippen LogP contribution in [0.4, 0.5) is 11.4 Å². The fourth-order valence-electron chi connectivity index (χ4n) is 3.70. The Bertz CT molecular complexity index is 1230. The number of aryl methyl sites for hydroxylation is 2. The van der Waals surface area contributed by atoms with Gasteiger partial charge in [-0.15, -0.1) is 0 Å². The number of amides is 3. The summed E-state index contributed by atoms with van der Waals surface area (Å²) in [5.41, 5.74) is 4.13. The van der Waals surface area contributed by atoms with Crippen LogP contribution in [-0.2, 0) is 14.4 Å². The van der Waals surface area contributed by atoms with Gasteiger partial charge in [0, 0.05) is 17.5 Å². The van der Waals surface area contributed by atoms with E-state index in [2.05, 4.69) is 5.32 Å². The van der Waals surface area contributed by atoms with Crippen molar-refractivity contribution in [2.24, 2.45) is 0 Å². The molecule has 1 N–H and O–H groups in total. The maximum absolute atomic E-state index is 13.6. The molecule has 0 atom stereocenters. The molecule has 0 aliphatic carbocycles. The number of thioether (sulfide) groups is 1. The molecule has 0 saturated carbocycles. The van der Waals surface area contributed by atoms with Crippen LogP contribution in [0.1, 0.15) is 23.6 Å². The zero-order valence-electron chi connectivity index (χ0n) is 18.0. The molecule has 0 saturated heterocycles. The third kappa shape index (κ3) is 4.36. The van der Waals surface area contributed by atoms with E-state index >= 15 is 0 Å². The molecule has 4 rings (SSSR count). The molecule has 0 aromatic heterocycles. The molecule has 3 aromatic carbocycles. The van der Waals surface area contributed by atoms with Crippen LogP contribution in [0.3, 0.4) is 0 Å². The van der Waals surface area contributed by atoms with Crippen molar-refractivity contribution in [2.75, 3.05) is 10.2 Å². The Kier molecular flexibility index (Phi) is 5.97. The molecule has 1 heterocycles. The molecular weight excluding hydrogens is 420 g/mol. The SMILES string of the molecule is CC(=O)Nc1ccc(C2=C(Sc3ccccc3)C(=O)N(c3cc(C)cc(C)c3)C2=O)cc1. The number of carbonyl (C=O) groups excluding carboxylic acids is 3. The first-order chi connectivity index (χ1) is 15.3. The van der Waals surface area contributed by atoms with Crippen LogP contribution in [0.25, 0.3) is 5.57 Å². The van der Waals surface area contributed by atoms with Crippen molar-refractivity contribution >= 4 is 46.4 Å². The second-order valence-electron chi connectivity index (χ2n) is 7.67. The fourth-order valence-corrected chi connectivity index (χ4v) is 4.72.